The van der Waals surface area contributed by atoms with Crippen molar-refractivity contribution in [2.24, 2.45) is 5.92 Å². The van der Waals surface area contributed by atoms with Crippen LogP contribution in [-0.2, 0) is 0 Å². The van der Waals surface area contributed by atoms with Gasteiger partial charge in [-0.3, -0.25) is 0 Å². The molecule has 0 radical (unpaired) electrons. The molecular formula is C16H23N5. The predicted octanol–water partition coefficient (Wildman–Crippen LogP) is 2.01. The minimum atomic E-state index is 0.701. The average molecular weight is 285 g/mol. The molecule has 5 nitrogen and oxygen atoms in total. The molecule has 2 aliphatic heterocycles. The highest BCUT2D eigenvalue weighted by Gasteiger charge is 2.30. The Bertz CT molecular complexity index is 629. The molecule has 2 unspecified atom stereocenters. The molecule has 0 saturated carbocycles. The minimum Gasteiger partial charge on any atom is -0.339 e. The van der Waals surface area contributed by atoms with E-state index in [1.54, 1.807) is 0 Å². The maximum atomic E-state index is 4.72. The van der Waals surface area contributed by atoms with E-state index >= 15 is 0 Å². The first-order valence-electron chi connectivity index (χ1n) is 8.12. The zero-order valence-electron chi connectivity index (χ0n) is 12.6. The van der Waals surface area contributed by atoms with E-state index in [1.807, 2.05) is 16.6 Å². The van der Waals surface area contributed by atoms with Crippen LogP contribution in [0.3, 0.4) is 0 Å². The van der Waals surface area contributed by atoms with Crippen LogP contribution >= 0.6 is 0 Å². The van der Waals surface area contributed by atoms with Crippen molar-refractivity contribution in [1.82, 2.24) is 19.9 Å². The van der Waals surface area contributed by atoms with Gasteiger partial charge in [0.05, 0.1) is 0 Å². The Labute approximate surface area is 125 Å². The van der Waals surface area contributed by atoms with E-state index in [0.717, 1.165) is 36.3 Å². The summed E-state index contributed by atoms with van der Waals surface area (Å²) in [5, 5.41) is 8.37. The van der Waals surface area contributed by atoms with E-state index < -0.39 is 0 Å². The van der Waals surface area contributed by atoms with Gasteiger partial charge in [-0.1, -0.05) is 6.07 Å². The highest BCUT2D eigenvalue weighted by atomic mass is 15.4. The summed E-state index contributed by atoms with van der Waals surface area (Å²) >= 11 is 0. The van der Waals surface area contributed by atoms with Gasteiger partial charge in [0.25, 0.3) is 0 Å². The molecule has 112 valence electrons. The number of nitrogens with one attached hydrogen (secondary N) is 1. The predicted molar refractivity (Wildman–Crippen MR) is 83.7 cm³/mol. The lowest BCUT2D eigenvalue weighted by atomic mass is 9.90. The van der Waals surface area contributed by atoms with Crippen molar-refractivity contribution in [3.63, 3.8) is 0 Å². The number of nitrogens with zero attached hydrogens (tertiary/aromatic N) is 4. The van der Waals surface area contributed by atoms with E-state index in [-0.39, 0.29) is 0 Å². The zero-order valence-corrected chi connectivity index (χ0v) is 12.6. The SMILES string of the molecule is Cc1cccc2nc(N3CCCC(C4CCCN4)C3)nn12. The number of rotatable bonds is 2. The second kappa shape index (κ2) is 5.30. The molecular weight excluding hydrogens is 262 g/mol. The maximum Gasteiger partial charge on any atom is 0.245 e. The summed E-state index contributed by atoms with van der Waals surface area (Å²) in [6, 6.07) is 6.85. The monoisotopic (exact) mass is 285 g/mol. The highest BCUT2D eigenvalue weighted by molar-refractivity contribution is 5.46. The summed E-state index contributed by atoms with van der Waals surface area (Å²) in [4.78, 5) is 7.09. The van der Waals surface area contributed by atoms with E-state index in [4.69, 9.17) is 10.1 Å². The number of pyridine rings is 1. The summed E-state index contributed by atoms with van der Waals surface area (Å²) in [7, 11) is 0. The van der Waals surface area contributed by atoms with Crippen LogP contribution in [0.2, 0.25) is 0 Å². The first-order chi connectivity index (χ1) is 10.3. The first kappa shape index (κ1) is 13.1. The van der Waals surface area contributed by atoms with Crippen molar-refractivity contribution >= 4 is 11.6 Å². The Morgan fingerprint density at radius 3 is 3.00 bits per heavy atom. The lowest BCUT2D eigenvalue weighted by Gasteiger charge is -2.35. The van der Waals surface area contributed by atoms with Gasteiger partial charge in [0, 0.05) is 24.8 Å². The van der Waals surface area contributed by atoms with Crippen LogP contribution in [0.15, 0.2) is 18.2 Å². The number of aromatic nitrogens is 3. The molecule has 5 heteroatoms. The van der Waals surface area contributed by atoms with Gasteiger partial charge in [0.15, 0.2) is 5.65 Å². The topological polar surface area (TPSA) is 45.5 Å². The second-order valence-electron chi connectivity index (χ2n) is 6.40. The van der Waals surface area contributed by atoms with Crippen LogP contribution in [0.4, 0.5) is 5.95 Å². The van der Waals surface area contributed by atoms with Gasteiger partial charge in [-0.05, 0) is 57.2 Å². The largest absolute Gasteiger partial charge is 0.339 e. The van der Waals surface area contributed by atoms with Gasteiger partial charge >= 0.3 is 0 Å². The quantitative estimate of drug-likeness (QED) is 0.917. The van der Waals surface area contributed by atoms with Crippen LogP contribution in [0, 0.1) is 12.8 Å². The van der Waals surface area contributed by atoms with E-state index in [9.17, 15) is 0 Å². The van der Waals surface area contributed by atoms with Crippen LogP contribution in [0.25, 0.3) is 5.65 Å². The maximum absolute atomic E-state index is 4.72. The van der Waals surface area contributed by atoms with Crippen LogP contribution in [-0.4, -0.2) is 40.3 Å². The molecule has 2 fully saturated rings. The number of anilines is 1. The van der Waals surface area contributed by atoms with Crippen LogP contribution in [0.1, 0.15) is 31.4 Å². The molecule has 1 N–H and O–H groups in total. The van der Waals surface area contributed by atoms with Gasteiger partial charge in [-0.15, -0.1) is 5.10 Å². The van der Waals surface area contributed by atoms with E-state index in [1.165, 1.54) is 32.2 Å². The number of hydrogen-bond acceptors (Lipinski definition) is 4. The smallest absolute Gasteiger partial charge is 0.245 e. The van der Waals surface area contributed by atoms with Crippen molar-refractivity contribution in [1.29, 1.82) is 0 Å². The van der Waals surface area contributed by atoms with Gasteiger partial charge in [0.2, 0.25) is 5.95 Å². The molecule has 4 heterocycles. The Morgan fingerprint density at radius 1 is 1.24 bits per heavy atom. The molecule has 21 heavy (non-hydrogen) atoms. The lowest BCUT2D eigenvalue weighted by molar-refractivity contribution is 0.327. The molecule has 2 atom stereocenters. The molecule has 0 amide bonds. The van der Waals surface area contributed by atoms with Crippen molar-refractivity contribution in [2.75, 3.05) is 24.5 Å². The number of hydrogen-bond donors (Lipinski definition) is 1. The Morgan fingerprint density at radius 2 is 2.19 bits per heavy atom. The Kier molecular flexibility index (Phi) is 3.30. The van der Waals surface area contributed by atoms with Crippen molar-refractivity contribution in [2.45, 2.75) is 38.6 Å². The molecule has 0 aliphatic carbocycles. The summed E-state index contributed by atoms with van der Waals surface area (Å²) < 4.78 is 1.95. The Hall–Kier alpha value is -1.62. The molecule has 2 aromatic heterocycles. The summed E-state index contributed by atoms with van der Waals surface area (Å²) in [6.07, 6.45) is 5.24. The third-order valence-corrected chi connectivity index (χ3v) is 4.95. The minimum absolute atomic E-state index is 0.701. The van der Waals surface area contributed by atoms with Crippen LogP contribution < -0.4 is 10.2 Å². The summed E-state index contributed by atoms with van der Waals surface area (Å²) in [5.41, 5.74) is 2.09. The molecule has 2 saturated heterocycles. The first-order valence-corrected chi connectivity index (χ1v) is 8.12. The fourth-order valence-corrected chi connectivity index (χ4v) is 3.79. The highest BCUT2D eigenvalue weighted by Crippen LogP contribution is 2.27. The molecule has 0 bridgehead atoms. The third kappa shape index (κ3) is 2.39. The van der Waals surface area contributed by atoms with Gasteiger partial charge < -0.3 is 10.2 Å². The average Bonchev–Trinajstić information content (AvgIpc) is 3.18. The summed E-state index contributed by atoms with van der Waals surface area (Å²) in [6.45, 7) is 5.44. The van der Waals surface area contributed by atoms with Gasteiger partial charge in [-0.25, -0.2) is 4.52 Å². The standard InChI is InChI=1S/C16H23N5/c1-12-5-2-8-15-18-16(19-21(12)15)20-10-4-6-13(11-20)14-7-3-9-17-14/h2,5,8,13-14,17H,3-4,6-7,9-11H2,1H3. The number of fused-ring (bicyclic) bond motifs is 1. The van der Waals surface area contributed by atoms with Crippen LogP contribution in [0.5, 0.6) is 0 Å². The third-order valence-electron chi connectivity index (χ3n) is 4.95. The molecule has 2 aromatic rings. The second-order valence-corrected chi connectivity index (χ2v) is 6.40. The lowest BCUT2D eigenvalue weighted by Crippen LogP contribution is -2.44. The normalized spacial score (nSPS) is 26.6. The van der Waals surface area contributed by atoms with Gasteiger partial charge in [-0.2, -0.15) is 4.98 Å². The summed E-state index contributed by atoms with van der Waals surface area (Å²) in [5.74, 6) is 1.64. The zero-order chi connectivity index (χ0) is 14.2. The van der Waals surface area contributed by atoms with E-state index in [0.29, 0.717) is 6.04 Å². The molecule has 0 spiro atoms. The van der Waals surface area contributed by atoms with Crippen molar-refractivity contribution < 1.29 is 0 Å². The van der Waals surface area contributed by atoms with Crippen molar-refractivity contribution in [3.8, 4) is 0 Å². The fourth-order valence-electron chi connectivity index (χ4n) is 3.79. The molecule has 2 aliphatic rings. The fraction of sp³-hybridized carbons (Fsp3) is 0.625. The number of piperidine rings is 1. The molecule has 0 aromatic carbocycles. The van der Waals surface area contributed by atoms with E-state index in [2.05, 4.69) is 23.2 Å². The molecule has 4 rings (SSSR count). The van der Waals surface area contributed by atoms with Crippen molar-refractivity contribution in [3.05, 3.63) is 23.9 Å². The number of aryl methyl sites for hydroxylation is 1. The Balaban J connectivity index is 1.57. The van der Waals surface area contributed by atoms with Gasteiger partial charge in [0.1, 0.15) is 0 Å².